The predicted octanol–water partition coefficient (Wildman–Crippen LogP) is 4.26. The molecule has 1 fully saturated rings. The van der Waals surface area contributed by atoms with Crippen LogP contribution in [0.2, 0.25) is 0 Å². The number of methoxy groups -OCH3 is 1. The maximum Gasteiger partial charge on any atom is 0.191 e. The first kappa shape index (κ1) is 24.4. The number of ether oxygens (including phenoxy) is 2. The summed E-state index contributed by atoms with van der Waals surface area (Å²) in [6, 6.07) is 14.8. The molecule has 1 saturated heterocycles. The van der Waals surface area contributed by atoms with Crippen LogP contribution in [-0.2, 0) is 16.7 Å². The molecule has 0 radical (unpaired) electrons. The fraction of sp³-hybridized carbons (Fsp3) is 0.435. The number of nitrogens with one attached hydrogen (secondary N) is 2. The smallest absolute Gasteiger partial charge is 0.191 e. The van der Waals surface area contributed by atoms with Gasteiger partial charge in [0, 0.05) is 31.7 Å². The number of nitrogens with zero attached hydrogens (tertiary/aromatic N) is 1. The van der Waals surface area contributed by atoms with E-state index in [1.54, 1.807) is 19.2 Å². The van der Waals surface area contributed by atoms with Crippen molar-refractivity contribution in [1.82, 2.24) is 10.6 Å². The van der Waals surface area contributed by atoms with E-state index < -0.39 is 0 Å². The number of benzene rings is 2. The highest BCUT2D eigenvalue weighted by Gasteiger charge is 2.34. The van der Waals surface area contributed by atoms with Gasteiger partial charge in [-0.05, 0) is 55.2 Å². The van der Waals surface area contributed by atoms with E-state index in [2.05, 4.69) is 27.8 Å². The van der Waals surface area contributed by atoms with Crippen LogP contribution < -0.4 is 15.4 Å². The average molecular weight is 527 g/mol. The van der Waals surface area contributed by atoms with E-state index in [0.717, 1.165) is 56.4 Å². The largest absolute Gasteiger partial charge is 0.497 e. The van der Waals surface area contributed by atoms with Gasteiger partial charge in [-0.15, -0.1) is 24.0 Å². The average Bonchev–Trinajstić information content (AvgIpc) is 2.77. The predicted molar refractivity (Wildman–Crippen MR) is 129 cm³/mol. The molecule has 0 spiro atoms. The molecule has 1 aliphatic heterocycles. The van der Waals surface area contributed by atoms with Crippen molar-refractivity contribution in [2.75, 3.05) is 33.4 Å². The summed E-state index contributed by atoms with van der Waals surface area (Å²) >= 11 is 0. The van der Waals surface area contributed by atoms with Crippen molar-refractivity contribution < 1.29 is 13.9 Å². The van der Waals surface area contributed by atoms with E-state index in [9.17, 15) is 4.39 Å². The van der Waals surface area contributed by atoms with E-state index in [0.29, 0.717) is 6.54 Å². The summed E-state index contributed by atoms with van der Waals surface area (Å²) in [5.41, 5.74) is 2.24. The Balaban J connectivity index is 0.00000320. The molecule has 1 heterocycles. The highest BCUT2D eigenvalue weighted by Crippen LogP contribution is 2.35. The van der Waals surface area contributed by atoms with Gasteiger partial charge >= 0.3 is 0 Å². The highest BCUT2D eigenvalue weighted by molar-refractivity contribution is 14.0. The summed E-state index contributed by atoms with van der Waals surface area (Å²) < 4.78 is 24.0. The van der Waals surface area contributed by atoms with E-state index in [-0.39, 0.29) is 35.2 Å². The van der Waals surface area contributed by atoms with Gasteiger partial charge in [-0.25, -0.2) is 9.38 Å². The second-order valence-electron chi connectivity index (χ2n) is 7.30. The Morgan fingerprint density at radius 3 is 2.33 bits per heavy atom. The van der Waals surface area contributed by atoms with Crippen molar-refractivity contribution in [3.63, 3.8) is 0 Å². The number of guanidine groups is 1. The van der Waals surface area contributed by atoms with Crippen molar-refractivity contribution in [2.24, 2.45) is 4.99 Å². The van der Waals surface area contributed by atoms with Gasteiger partial charge in [-0.2, -0.15) is 0 Å². The number of aliphatic imine (C=N–C) groups is 1. The number of rotatable bonds is 7. The quantitative estimate of drug-likeness (QED) is 0.321. The number of hydrogen-bond acceptors (Lipinski definition) is 3. The highest BCUT2D eigenvalue weighted by atomic mass is 127. The van der Waals surface area contributed by atoms with Crippen molar-refractivity contribution in [3.05, 3.63) is 65.5 Å². The fourth-order valence-electron chi connectivity index (χ4n) is 3.63. The van der Waals surface area contributed by atoms with Crippen LogP contribution in [0.5, 0.6) is 5.75 Å². The van der Waals surface area contributed by atoms with Crippen molar-refractivity contribution in [1.29, 1.82) is 0 Å². The van der Waals surface area contributed by atoms with E-state index >= 15 is 0 Å². The van der Waals surface area contributed by atoms with Crippen LogP contribution in [0.3, 0.4) is 0 Å². The SMILES string of the molecule is CCNC(=NCc1ccc(F)cc1)NCC1(c2ccc(OC)cc2)CCOCC1.I. The second-order valence-corrected chi connectivity index (χ2v) is 7.30. The van der Waals surface area contributed by atoms with Crippen LogP contribution in [0, 0.1) is 5.82 Å². The Labute approximate surface area is 195 Å². The van der Waals surface area contributed by atoms with Crippen LogP contribution in [0.25, 0.3) is 0 Å². The Morgan fingerprint density at radius 1 is 1.07 bits per heavy atom. The third-order valence-electron chi connectivity index (χ3n) is 5.42. The zero-order valence-electron chi connectivity index (χ0n) is 17.6. The second kappa shape index (κ2) is 12.1. The zero-order valence-corrected chi connectivity index (χ0v) is 19.9. The molecule has 0 atom stereocenters. The fourth-order valence-corrected chi connectivity index (χ4v) is 3.63. The molecular weight excluding hydrogens is 496 g/mol. The van der Waals surface area contributed by atoms with E-state index in [1.165, 1.54) is 17.7 Å². The molecule has 1 aliphatic rings. The van der Waals surface area contributed by atoms with Crippen LogP contribution in [0.1, 0.15) is 30.9 Å². The summed E-state index contributed by atoms with van der Waals surface area (Å²) in [4.78, 5) is 4.67. The van der Waals surface area contributed by atoms with Crippen molar-refractivity contribution >= 4 is 29.9 Å². The first-order chi connectivity index (χ1) is 14.1. The molecule has 0 aliphatic carbocycles. The summed E-state index contributed by atoms with van der Waals surface area (Å²) in [6.07, 6.45) is 1.90. The van der Waals surface area contributed by atoms with Gasteiger partial charge in [0.15, 0.2) is 5.96 Å². The molecule has 0 unspecified atom stereocenters. The van der Waals surface area contributed by atoms with Gasteiger partial charge in [0.2, 0.25) is 0 Å². The Kier molecular flexibility index (Phi) is 9.84. The number of halogens is 2. The Bertz CT molecular complexity index is 791. The molecule has 164 valence electrons. The molecule has 3 rings (SSSR count). The lowest BCUT2D eigenvalue weighted by Gasteiger charge is -2.38. The maximum atomic E-state index is 13.1. The molecule has 5 nitrogen and oxygen atoms in total. The van der Waals surface area contributed by atoms with Crippen LogP contribution in [-0.4, -0.2) is 39.4 Å². The van der Waals surface area contributed by atoms with Crippen molar-refractivity contribution in [2.45, 2.75) is 31.7 Å². The monoisotopic (exact) mass is 527 g/mol. The van der Waals surface area contributed by atoms with E-state index in [1.807, 2.05) is 19.1 Å². The molecular formula is C23H31FIN3O2. The van der Waals surface area contributed by atoms with Gasteiger partial charge in [-0.3, -0.25) is 0 Å². The molecule has 0 aromatic heterocycles. The summed E-state index contributed by atoms with van der Waals surface area (Å²) in [7, 11) is 1.68. The standard InChI is InChI=1S/C23H30FN3O2.HI/c1-3-25-22(26-16-18-4-8-20(24)9-5-18)27-17-23(12-14-29-15-13-23)19-6-10-21(28-2)11-7-19;/h4-11H,3,12-17H2,1-2H3,(H2,25,26,27);1H. The topological polar surface area (TPSA) is 54.9 Å². The molecule has 0 saturated carbocycles. The molecule has 0 bridgehead atoms. The third kappa shape index (κ3) is 6.57. The van der Waals surface area contributed by atoms with Gasteiger partial charge in [0.1, 0.15) is 11.6 Å². The van der Waals surface area contributed by atoms with Crippen LogP contribution in [0.4, 0.5) is 4.39 Å². The van der Waals surface area contributed by atoms with Gasteiger partial charge in [-0.1, -0.05) is 24.3 Å². The summed E-state index contributed by atoms with van der Waals surface area (Å²) in [6.45, 7) is 5.57. The minimum atomic E-state index is -0.233. The lowest BCUT2D eigenvalue weighted by molar-refractivity contribution is 0.0513. The van der Waals surface area contributed by atoms with Gasteiger partial charge < -0.3 is 20.1 Å². The lowest BCUT2D eigenvalue weighted by Crippen LogP contribution is -2.48. The van der Waals surface area contributed by atoms with Crippen LogP contribution >= 0.6 is 24.0 Å². The molecule has 7 heteroatoms. The van der Waals surface area contributed by atoms with E-state index in [4.69, 9.17) is 9.47 Å². The van der Waals surface area contributed by atoms with Crippen LogP contribution in [0.15, 0.2) is 53.5 Å². The number of hydrogen-bond donors (Lipinski definition) is 2. The zero-order chi connectivity index (χ0) is 20.5. The first-order valence-corrected chi connectivity index (χ1v) is 10.1. The Hall–Kier alpha value is -1.87. The molecule has 0 amide bonds. The van der Waals surface area contributed by atoms with Gasteiger partial charge in [0.25, 0.3) is 0 Å². The minimum Gasteiger partial charge on any atom is -0.497 e. The maximum absolute atomic E-state index is 13.1. The molecule has 2 aromatic rings. The third-order valence-corrected chi connectivity index (χ3v) is 5.42. The lowest BCUT2D eigenvalue weighted by atomic mass is 9.74. The molecule has 2 aromatic carbocycles. The van der Waals surface area contributed by atoms with Crippen molar-refractivity contribution in [3.8, 4) is 5.75 Å². The molecule has 2 N–H and O–H groups in total. The normalized spacial score (nSPS) is 15.8. The molecule has 30 heavy (non-hydrogen) atoms. The van der Waals surface area contributed by atoms with Gasteiger partial charge in [0.05, 0.1) is 13.7 Å². The summed E-state index contributed by atoms with van der Waals surface area (Å²) in [5.74, 6) is 1.39. The summed E-state index contributed by atoms with van der Waals surface area (Å²) in [5, 5.41) is 6.82. The Morgan fingerprint density at radius 2 is 1.73 bits per heavy atom. The minimum absolute atomic E-state index is 0. The first-order valence-electron chi connectivity index (χ1n) is 10.1.